The highest BCUT2D eigenvalue weighted by atomic mass is 16.5. The molecule has 38 heavy (non-hydrogen) atoms. The molecule has 1 aromatic heterocycles. The van der Waals surface area contributed by atoms with E-state index in [1.54, 1.807) is 12.1 Å². The van der Waals surface area contributed by atoms with Crippen LogP contribution in [0.1, 0.15) is 67.7 Å². The van der Waals surface area contributed by atoms with Crippen LogP contribution in [0.25, 0.3) is 11.0 Å². The fourth-order valence-electron chi connectivity index (χ4n) is 4.25. The first-order valence-corrected chi connectivity index (χ1v) is 13.6. The van der Waals surface area contributed by atoms with Crippen LogP contribution in [-0.2, 0) is 11.3 Å². The van der Waals surface area contributed by atoms with Gasteiger partial charge >= 0.3 is 5.97 Å². The molecule has 0 aliphatic heterocycles. The maximum Gasteiger partial charge on any atom is 0.337 e. The zero-order chi connectivity index (χ0) is 27.7. The molecule has 0 bridgehead atoms. The van der Waals surface area contributed by atoms with E-state index in [0.717, 1.165) is 62.2 Å². The molecule has 8 heteroatoms. The topological polar surface area (TPSA) is 88.5 Å². The molecule has 0 saturated heterocycles. The van der Waals surface area contributed by atoms with Crippen LogP contribution in [0, 0.1) is 11.8 Å². The van der Waals surface area contributed by atoms with E-state index in [2.05, 4.69) is 42.9 Å². The molecular weight excluding hydrogens is 478 g/mol. The van der Waals surface area contributed by atoms with Crippen LogP contribution in [0.15, 0.2) is 42.5 Å². The third-order valence-corrected chi connectivity index (χ3v) is 6.61. The number of carbonyl (C=O) groups excluding carboxylic acids is 2. The molecule has 0 radical (unpaired) electrons. The van der Waals surface area contributed by atoms with Crippen LogP contribution in [-0.4, -0.2) is 60.1 Å². The zero-order valence-corrected chi connectivity index (χ0v) is 23.7. The predicted octanol–water partition coefficient (Wildman–Crippen LogP) is 5.71. The summed E-state index contributed by atoms with van der Waals surface area (Å²) in [5.41, 5.74) is 3.74. The Morgan fingerprint density at radius 1 is 0.974 bits per heavy atom. The first kappa shape index (κ1) is 29.2. The molecule has 0 spiro atoms. The van der Waals surface area contributed by atoms with Crippen molar-refractivity contribution in [1.82, 2.24) is 19.8 Å². The SMILES string of the molecule is CNCCCn1c(Nc2ccc(C(=O)OC)cc2)nc2ccc(C(=O)N(CCC(C)C)CCC(C)C)cc21. The highest BCUT2D eigenvalue weighted by Gasteiger charge is 2.19. The minimum atomic E-state index is -0.371. The number of amides is 1. The number of imidazole rings is 1. The molecule has 2 N–H and O–H groups in total. The fraction of sp³-hybridized carbons (Fsp3) is 0.500. The smallest absolute Gasteiger partial charge is 0.337 e. The summed E-state index contributed by atoms with van der Waals surface area (Å²) < 4.78 is 6.93. The van der Waals surface area contributed by atoms with Gasteiger partial charge in [0.2, 0.25) is 5.95 Å². The lowest BCUT2D eigenvalue weighted by Gasteiger charge is -2.24. The summed E-state index contributed by atoms with van der Waals surface area (Å²) in [5, 5.41) is 6.60. The Kier molecular flexibility index (Phi) is 10.7. The van der Waals surface area contributed by atoms with E-state index in [0.29, 0.717) is 28.9 Å². The number of aromatic nitrogens is 2. The van der Waals surface area contributed by atoms with Gasteiger partial charge in [-0.3, -0.25) is 4.79 Å². The second-order valence-corrected chi connectivity index (χ2v) is 10.6. The molecule has 0 saturated carbocycles. The average molecular weight is 522 g/mol. The Morgan fingerprint density at radius 3 is 2.18 bits per heavy atom. The molecule has 3 rings (SSSR count). The molecule has 1 heterocycles. The number of benzene rings is 2. The minimum absolute atomic E-state index is 0.0732. The number of ether oxygens (including phenoxy) is 1. The number of hydrogen-bond donors (Lipinski definition) is 2. The molecule has 3 aromatic rings. The van der Waals surface area contributed by atoms with Gasteiger partial charge in [-0.05, 0) is 87.2 Å². The van der Waals surface area contributed by atoms with Crippen molar-refractivity contribution in [3.63, 3.8) is 0 Å². The van der Waals surface area contributed by atoms with Gasteiger partial charge < -0.3 is 24.8 Å². The van der Waals surface area contributed by atoms with Gasteiger partial charge in [0.05, 0.1) is 23.7 Å². The third-order valence-electron chi connectivity index (χ3n) is 6.61. The molecule has 0 atom stereocenters. The number of aryl methyl sites for hydroxylation is 1. The van der Waals surface area contributed by atoms with Crippen molar-refractivity contribution < 1.29 is 14.3 Å². The number of hydrogen-bond acceptors (Lipinski definition) is 6. The van der Waals surface area contributed by atoms with Crippen LogP contribution in [0.5, 0.6) is 0 Å². The van der Waals surface area contributed by atoms with Crippen molar-refractivity contribution in [3.8, 4) is 0 Å². The van der Waals surface area contributed by atoms with Gasteiger partial charge in [0.1, 0.15) is 0 Å². The normalized spacial score (nSPS) is 11.4. The number of nitrogens with zero attached hydrogens (tertiary/aromatic N) is 3. The van der Waals surface area contributed by atoms with Gasteiger partial charge in [-0.2, -0.15) is 0 Å². The van der Waals surface area contributed by atoms with Crippen LogP contribution >= 0.6 is 0 Å². The van der Waals surface area contributed by atoms with Crippen molar-refractivity contribution >= 4 is 34.5 Å². The molecular formula is C30H43N5O3. The third kappa shape index (κ3) is 7.81. The van der Waals surface area contributed by atoms with E-state index < -0.39 is 0 Å². The van der Waals surface area contributed by atoms with Crippen LogP contribution in [0.4, 0.5) is 11.6 Å². The molecule has 2 aromatic carbocycles. The van der Waals surface area contributed by atoms with Crippen molar-refractivity contribution in [2.24, 2.45) is 11.8 Å². The maximum atomic E-state index is 13.6. The molecule has 0 aliphatic rings. The Labute approximate surface area is 226 Å². The van der Waals surface area contributed by atoms with Gasteiger partial charge in [0.25, 0.3) is 5.91 Å². The number of anilines is 2. The lowest BCUT2D eigenvalue weighted by molar-refractivity contribution is 0.0600. The van der Waals surface area contributed by atoms with E-state index in [1.807, 2.05) is 42.3 Å². The van der Waals surface area contributed by atoms with Crippen molar-refractivity contribution in [2.75, 3.05) is 39.1 Å². The standard InChI is InChI=1S/C30H43N5O3/c1-21(2)14-18-34(19-15-22(3)4)28(36)24-10-13-26-27(20-24)35(17-7-16-31-5)30(33-26)32-25-11-8-23(9-12-25)29(37)38-6/h8-13,20-22,31H,7,14-19H2,1-6H3,(H,32,33). The highest BCUT2D eigenvalue weighted by molar-refractivity contribution is 5.98. The summed E-state index contributed by atoms with van der Waals surface area (Å²) in [6, 6.07) is 12.9. The Hall–Kier alpha value is -3.39. The van der Waals surface area contributed by atoms with E-state index in [9.17, 15) is 9.59 Å². The monoisotopic (exact) mass is 521 g/mol. The lowest BCUT2D eigenvalue weighted by atomic mass is 10.1. The van der Waals surface area contributed by atoms with Crippen LogP contribution in [0.2, 0.25) is 0 Å². The predicted molar refractivity (Wildman–Crippen MR) is 154 cm³/mol. The minimum Gasteiger partial charge on any atom is -0.465 e. The van der Waals surface area contributed by atoms with E-state index in [4.69, 9.17) is 9.72 Å². The number of fused-ring (bicyclic) bond motifs is 1. The number of methoxy groups -OCH3 is 1. The Balaban J connectivity index is 1.93. The summed E-state index contributed by atoms with van der Waals surface area (Å²) in [5.74, 6) is 1.47. The second kappa shape index (κ2) is 14.0. The molecule has 8 nitrogen and oxygen atoms in total. The fourth-order valence-corrected chi connectivity index (χ4v) is 4.25. The number of nitrogens with one attached hydrogen (secondary N) is 2. The van der Waals surface area contributed by atoms with Gasteiger partial charge in [-0.25, -0.2) is 9.78 Å². The Bertz CT molecular complexity index is 1190. The van der Waals surface area contributed by atoms with E-state index in [1.165, 1.54) is 7.11 Å². The number of esters is 1. The lowest BCUT2D eigenvalue weighted by Crippen LogP contribution is -2.34. The summed E-state index contributed by atoms with van der Waals surface area (Å²) in [7, 11) is 3.31. The quantitative estimate of drug-likeness (QED) is 0.209. The number of rotatable bonds is 14. The van der Waals surface area contributed by atoms with Crippen molar-refractivity contribution in [2.45, 2.75) is 53.5 Å². The van der Waals surface area contributed by atoms with Crippen LogP contribution in [0.3, 0.4) is 0 Å². The average Bonchev–Trinajstić information content (AvgIpc) is 3.24. The van der Waals surface area contributed by atoms with Gasteiger partial charge in [-0.1, -0.05) is 27.7 Å². The summed E-state index contributed by atoms with van der Waals surface area (Å²) in [6.45, 7) is 11.9. The first-order valence-electron chi connectivity index (χ1n) is 13.6. The van der Waals surface area contributed by atoms with Crippen LogP contribution < -0.4 is 10.6 Å². The van der Waals surface area contributed by atoms with E-state index >= 15 is 0 Å². The molecule has 0 unspecified atom stereocenters. The first-order chi connectivity index (χ1) is 18.2. The Morgan fingerprint density at radius 2 is 1.61 bits per heavy atom. The summed E-state index contributed by atoms with van der Waals surface area (Å²) in [6.07, 6.45) is 2.87. The van der Waals surface area contributed by atoms with Gasteiger partial charge in [0.15, 0.2) is 0 Å². The molecule has 206 valence electrons. The van der Waals surface area contributed by atoms with Crippen molar-refractivity contribution in [3.05, 3.63) is 53.6 Å². The second-order valence-electron chi connectivity index (χ2n) is 10.6. The van der Waals surface area contributed by atoms with Gasteiger partial charge in [0, 0.05) is 30.9 Å². The summed E-state index contributed by atoms with van der Waals surface area (Å²) in [4.78, 5) is 32.3. The highest BCUT2D eigenvalue weighted by Crippen LogP contribution is 2.25. The largest absolute Gasteiger partial charge is 0.465 e. The molecule has 1 amide bonds. The maximum absolute atomic E-state index is 13.6. The van der Waals surface area contributed by atoms with Crippen molar-refractivity contribution in [1.29, 1.82) is 0 Å². The summed E-state index contributed by atoms with van der Waals surface area (Å²) >= 11 is 0. The molecule has 0 fully saturated rings. The van der Waals surface area contributed by atoms with Gasteiger partial charge in [-0.15, -0.1) is 0 Å². The molecule has 0 aliphatic carbocycles. The number of carbonyl (C=O) groups is 2. The zero-order valence-electron chi connectivity index (χ0n) is 23.7. The van der Waals surface area contributed by atoms with E-state index in [-0.39, 0.29) is 11.9 Å².